The third kappa shape index (κ3) is 4.22. The summed E-state index contributed by atoms with van der Waals surface area (Å²) in [7, 11) is -3.06. The monoisotopic (exact) mass is 423 g/mol. The molecular formula is C20H29N3O3S2. The highest BCUT2D eigenvalue weighted by Crippen LogP contribution is 2.41. The molecule has 3 rings (SSSR count). The van der Waals surface area contributed by atoms with E-state index in [1.807, 2.05) is 30.9 Å². The van der Waals surface area contributed by atoms with Gasteiger partial charge >= 0.3 is 0 Å². The molecule has 0 bridgehead atoms. The van der Waals surface area contributed by atoms with Gasteiger partial charge in [0.1, 0.15) is 0 Å². The Bertz CT molecular complexity index is 848. The fraction of sp³-hybridized carbons (Fsp3) is 0.600. The maximum atomic E-state index is 12.4. The van der Waals surface area contributed by atoms with Crippen LogP contribution in [0.15, 0.2) is 29.3 Å². The second kappa shape index (κ2) is 8.45. The molecule has 2 fully saturated rings. The van der Waals surface area contributed by atoms with Crippen LogP contribution in [0.5, 0.6) is 0 Å². The summed E-state index contributed by atoms with van der Waals surface area (Å²) in [5, 5.41) is 0.557. The van der Waals surface area contributed by atoms with E-state index in [0.29, 0.717) is 5.17 Å². The van der Waals surface area contributed by atoms with Gasteiger partial charge in [0.2, 0.25) is 0 Å². The Morgan fingerprint density at radius 2 is 1.86 bits per heavy atom. The Morgan fingerprint density at radius 3 is 2.43 bits per heavy atom. The molecule has 2 aliphatic heterocycles. The number of amides is 1. The molecule has 3 atom stereocenters. The van der Waals surface area contributed by atoms with Gasteiger partial charge in [-0.15, -0.1) is 0 Å². The predicted octanol–water partition coefficient (Wildman–Crippen LogP) is 3.18. The minimum Gasteiger partial charge on any atom is -0.372 e. The number of aliphatic imine (C=N–C) groups is 1. The van der Waals surface area contributed by atoms with Crippen molar-refractivity contribution in [3.63, 3.8) is 0 Å². The molecule has 2 aliphatic rings. The minimum atomic E-state index is -3.06. The van der Waals surface area contributed by atoms with Crippen LogP contribution in [0.2, 0.25) is 0 Å². The van der Waals surface area contributed by atoms with Crippen molar-refractivity contribution in [1.29, 1.82) is 0 Å². The second-order valence-electron chi connectivity index (χ2n) is 7.40. The van der Waals surface area contributed by atoms with Crippen LogP contribution in [-0.2, 0) is 14.6 Å². The van der Waals surface area contributed by atoms with Crippen LogP contribution in [0.25, 0.3) is 0 Å². The number of amidine groups is 1. The van der Waals surface area contributed by atoms with Crippen LogP contribution in [0, 0.1) is 5.92 Å². The number of benzene rings is 1. The molecule has 0 aromatic heterocycles. The topological polar surface area (TPSA) is 70.0 Å². The molecule has 2 saturated heterocycles. The molecule has 0 saturated carbocycles. The van der Waals surface area contributed by atoms with Crippen molar-refractivity contribution in [3.05, 3.63) is 24.3 Å². The van der Waals surface area contributed by atoms with Crippen LogP contribution < -0.4 is 9.80 Å². The number of carbonyl (C=O) groups excluding carboxylic acids is 1. The summed E-state index contributed by atoms with van der Waals surface area (Å²) in [4.78, 5) is 21.0. The van der Waals surface area contributed by atoms with Crippen molar-refractivity contribution >= 4 is 44.0 Å². The molecule has 154 valence electrons. The average molecular weight is 424 g/mol. The van der Waals surface area contributed by atoms with Gasteiger partial charge < -0.3 is 9.80 Å². The quantitative estimate of drug-likeness (QED) is 0.700. The summed E-state index contributed by atoms with van der Waals surface area (Å²) in [5.41, 5.74) is 2.02. The first-order valence-electron chi connectivity index (χ1n) is 9.93. The largest absolute Gasteiger partial charge is 0.372 e. The highest BCUT2D eigenvalue weighted by atomic mass is 32.2. The molecule has 1 aromatic rings. The Kier molecular flexibility index (Phi) is 6.39. The van der Waals surface area contributed by atoms with Gasteiger partial charge in [0.05, 0.1) is 17.5 Å². The average Bonchev–Trinajstić information content (AvgIpc) is 3.13. The lowest BCUT2D eigenvalue weighted by molar-refractivity contribution is -0.121. The third-order valence-corrected chi connectivity index (χ3v) is 8.77. The molecule has 0 N–H and O–H groups in total. The lowest BCUT2D eigenvalue weighted by atomic mass is 10.1. The minimum absolute atomic E-state index is 0.0732. The Balaban J connectivity index is 1.95. The van der Waals surface area contributed by atoms with Crippen molar-refractivity contribution in [1.82, 2.24) is 0 Å². The van der Waals surface area contributed by atoms with Crippen molar-refractivity contribution in [2.45, 2.75) is 45.4 Å². The van der Waals surface area contributed by atoms with Gasteiger partial charge in [0.15, 0.2) is 15.0 Å². The maximum Gasteiger partial charge on any atom is 0.250 e. The van der Waals surface area contributed by atoms with E-state index >= 15 is 0 Å². The highest BCUT2D eigenvalue weighted by molar-refractivity contribution is 8.16. The standard InChI is InChI=1S/C20H29N3O3S2/c1-5-14(4)19(24)21-20-23(17-12-28(25,26)13-18(17)27-20)16-10-8-15(9-11-16)22(6-2)7-3/h8-11,14,17-18H,5-7,12-13H2,1-4H3/t14-,17+,18-/m0/s1. The van der Waals surface area contributed by atoms with E-state index in [4.69, 9.17) is 0 Å². The van der Waals surface area contributed by atoms with E-state index in [1.165, 1.54) is 11.8 Å². The number of nitrogens with zero attached hydrogens (tertiary/aromatic N) is 3. The fourth-order valence-corrected chi connectivity index (χ4v) is 7.58. The van der Waals surface area contributed by atoms with Gasteiger partial charge in [0.25, 0.3) is 5.91 Å². The Hall–Kier alpha value is -1.54. The number of rotatable bonds is 6. The molecule has 0 radical (unpaired) electrons. The van der Waals surface area contributed by atoms with Gasteiger partial charge in [-0.2, -0.15) is 4.99 Å². The summed E-state index contributed by atoms with van der Waals surface area (Å²) in [6.07, 6.45) is 0.736. The molecule has 1 amide bonds. The number of fused-ring (bicyclic) bond motifs is 1. The van der Waals surface area contributed by atoms with Crippen LogP contribution in [0.4, 0.5) is 11.4 Å². The normalized spacial score (nSPS) is 25.7. The molecule has 8 heteroatoms. The first-order chi connectivity index (χ1) is 13.3. The van der Waals surface area contributed by atoms with Gasteiger partial charge in [0, 0.05) is 35.6 Å². The third-order valence-electron chi connectivity index (χ3n) is 5.56. The number of anilines is 2. The van der Waals surface area contributed by atoms with Gasteiger partial charge in [-0.3, -0.25) is 4.79 Å². The lowest BCUT2D eigenvalue weighted by Gasteiger charge is -2.26. The second-order valence-corrected chi connectivity index (χ2v) is 10.8. The number of thioether (sulfide) groups is 1. The van der Waals surface area contributed by atoms with Gasteiger partial charge in [-0.05, 0) is 44.5 Å². The molecule has 0 unspecified atom stereocenters. The summed E-state index contributed by atoms with van der Waals surface area (Å²) < 4.78 is 24.3. The SMILES string of the molecule is CC[C@H](C)C(=O)N=C1S[C@H]2CS(=O)(=O)C[C@H]2N1c1ccc(N(CC)CC)cc1. The zero-order chi connectivity index (χ0) is 20.5. The highest BCUT2D eigenvalue weighted by Gasteiger charge is 2.49. The van der Waals surface area contributed by atoms with Crippen LogP contribution in [0.3, 0.4) is 0 Å². The Labute approximate surface area is 172 Å². The zero-order valence-electron chi connectivity index (χ0n) is 17.0. The molecular weight excluding hydrogens is 394 g/mol. The molecule has 1 aromatic carbocycles. The van der Waals surface area contributed by atoms with Crippen LogP contribution in [-0.4, -0.2) is 55.4 Å². The Morgan fingerprint density at radius 1 is 1.21 bits per heavy atom. The van der Waals surface area contributed by atoms with E-state index in [1.54, 1.807) is 0 Å². The fourth-order valence-electron chi connectivity index (χ4n) is 3.66. The smallest absolute Gasteiger partial charge is 0.250 e. The number of carbonyl (C=O) groups is 1. The first-order valence-corrected chi connectivity index (χ1v) is 12.6. The number of sulfone groups is 1. The van der Waals surface area contributed by atoms with E-state index in [2.05, 4.69) is 35.9 Å². The first kappa shape index (κ1) is 21.2. The summed E-state index contributed by atoms with van der Waals surface area (Å²) in [5.74, 6) is -0.0203. The van der Waals surface area contributed by atoms with Crippen LogP contribution in [0.1, 0.15) is 34.1 Å². The van der Waals surface area contributed by atoms with Crippen molar-refractivity contribution in [3.8, 4) is 0 Å². The molecule has 2 heterocycles. The van der Waals surface area contributed by atoms with Crippen molar-refractivity contribution in [2.24, 2.45) is 10.9 Å². The molecule has 0 spiro atoms. The molecule has 28 heavy (non-hydrogen) atoms. The maximum absolute atomic E-state index is 12.4. The van der Waals surface area contributed by atoms with Crippen molar-refractivity contribution in [2.75, 3.05) is 34.4 Å². The summed E-state index contributed by atoms with van der Waals surface area (Å²) in [6.45, 7) is 9.93. The number of hydrogen-bond donors (Lipinski definition) is 0. The van der Waals surface area contributed by atoms with E-state index < -0.39 is 9.84 Å². The van der Waals surface area contributed by atoms with E-state index in [-0.39, 0.29) is 34.6 Å². The summed E-state index contributed by atoms with van der Waals surface area (Å²) >= 11 is 1.43. The van der Waals surface area contributed by atoms with Crippen molar-refractivity contribution < 1.29 is 13.2 Å². The van der Waals surface area contributed by atoms with Gasteiger partial charge in [-0.1, -0.05) is 25.6 Å². The van der Waals surface area contributed by atoms with Gasteiger partial charge in [-0.25, -0.2) is 8.42 Å². The predicted molar refractivity (Wildman–Crippen MR) is 118 cm³/mol. The summed E-state index contributed by atoms with van der Waals surface area (Å²) in [6, 6.07) is 7.95. The lowest BCUT2D eigenvalue weighted by Crippen LogP contribution is -2.38. The van der Waals surface area contributed by atoms with E-state index in [9.17, 15) is 13.2 Å². The molecule has 0 aliphatic carbocycles. The molecule has 6 nitrogen and oxygen atoms in total. The zero-order valence-corrected chi connectivity index (χ0v) is 18.6. The number of hydrogen-bond acceptors (Lipinski definition) is 5. The van der Waals surface area contributed by atoms with E-state index in [0.717, 1.165) is 30.9 Å². The van der Waals surface area contributed by atoms with Crippen LogP contribution >= 0.6 is 11.8 Å².